The summed E-state index contributed by atoms with van der Waals surface area (Å²) in [7, 11) is 1.47. The molecular formula is C16H15NO3. The van der Waals surface area contributed by atoms with Crippen molar-refractivity contribution in [3.8, 4) is 11.1 Å². The minimum Gasteiger partial charge on any atom is -0.474 e. The van der Waals surface area contributed by atoms with Gasteiger partial charge in [0.25, 0.3) is 0 Å². The van der Waals surface area contributed by atoms with Crippen molar-refractivity contribution in [1.82, 2.24) is 4.90 Å². The number of likely N-dealkylation sites (N-methyl/N-ethyl adjacent to an activating group) is 1. The van der Waals surface area contributed by atoms with Gasteiger partial charge >= 0.3 is 11.9 Å². The second kappa shape index (κ2) is 6.02. The van der Waals surface area contributed by atoms with Crippen molar-refractivity contribution >= 4 is 11.9 Å². The van der Waals surface area contributed by atoms with Gasteiger partial charge in [-0.3, -0.25) is 4.79 Å². The Morgan fingerprint density at radius 1 is 0.950 bits per heavy atom. The quantitative estimate of drug-likeness (QED) is 0.870. The molecule has 0 radical (unpaired) electrons. The third-order valence-corrected chi connectivity index (χ3v) is 3.01. The van der Waals surface area contributed by atoms with E-state index in [1.807, 2.05) is 54.6 Å². The van der Waals surface area contributed by atoms with Gasteiger partial charge < -0.3 is 10.0 Å². The number of rotatable bonds is 3. The van der Waals surface area contributed by atoms with Crippen molar-refractivity contribution in [2.75, 3.05) is 7.05 Å². The summed E-state index contributed by atoms with van der Waals surface area (Å²) in [4.78, 5) is 23.0. The summed E-state index contributed by atoms with van der Waals surface area (Å²) in [6.45, 7) is 0.278. The Balaban J connectivity index is 2.09. The molecule has 4 nitrogen and oxygen atoms in total. The molecule has 0 saturated carbocycles. The summed E-state index contributed by atoms with van der Waals surface area (Å²) < 4.78 is 0. The van der Waals surface area contributed by atoms with Gasteiger partial charge in [0.15, 0.2) is 0 Å². The molecule has 0 bridgehead atoms. The summed E-state index contributed by atoms with van der Waals surface area (Å²) in [5.41, 5.74) is 3.09. The van der Waals surface area contributed by atoms with Gasteiger partial charge in [-0.2, -0.15) is 0 Å². The highest BCUT2D eigenvalue weighted by atomic mass is 16.4. The molecule has 0 fully saturated rings. The van der Waals surface area contributed by atoms with Crippen LogP contribution in [-0.4, -0.2) is 28.9 Å². The second-order valence-corrected chi connectivity index (χ2v) is 4.53. The zero-order chi connectivity index (χ0) is 14.5. The zero-order valence-corrected chi connectivity index (χ0v) is 11.1. The van der Waals surface area contributed by atoms with Crippen molar-refractivity contribution in [1.29, 1.82) is 0 Å². The molecule has 0 aliphatic rings. The molecule has 0 unspecified atom stereocenters. The average molecular weight is 269 g/mol. The first-order valence-corrected chi connectivity index (χ1v) is 6.20. The summed E-state index contributed by atoms with van der Waals surface area (Å²) in [5.74, 6) is -2.34. The van der Waals surface area contributed by atoms with Gasteiger partial charge in [0.1, 0.15) is 0 Å². The number of carbonyl (C=O) groups excluding carboxylic acids is 1. The highest BCUT2D eigenvalue weighted by molar-refractivity contribution is 6.31. The standard InChI is InChI=1S/C16H15NO3/c1-17(15(18)16(19)20)11-12-7-9-14(10-8-12)13-5-3-2-4-6-13/h2-10H,11H2,1H3,(H,19,20). The Labute approximate surface area is 117 Å². The van der Waals surface area contributed by atoms with Crippen molar-refractivity contribution in [3.63, 3.8) is 0 Å². The molecule has 0 aliphatic carbocycles. The van der Waals surface area contributed by atoms with E-state index in [9.17, 15) is 9.59 Å². The van der Waals surface area contributed by atoms with Crippen LogP contribution in [0.1, 0.15) is 5.56 Å². The fourth-order valence-corrected chi connectivity index (χ4v) is 1.94. The molecule has 0 aromatic heterocycles. The molecule has 20 heavy (non-hydrogen) atoms. The van der Waals surface area contributed by atoms with Crippen LogP contribution < -0.4 is 0 Å². The van der Waals surface area contributed by atoms with E-state index in [4.69, 9.17) is 5.11 Å². The summed E-state index contributed by atoms with van der Waals surface area (Å²) >= 11 is 0. The highest BCUT2D eigenvalue weighted by Crippen LogP contribution is 2.19. The van der Waals surface area contributed by atoms with E-state index in [-0.39, 0.29) is 6.54 Å². The molecule has 2 aromatic carbocycles. The molecule has 102 valence electrons. The summed E-state index contributed by atoms with van der Waals surface area (Å²) in [5, 5.41) is 8.63. The lowest BCUT2D eigenvalue weighted by molar-refractivity contribution is -0.155. The van der Waals surface area contributed by atoms with Gasteiger partial charge in [-0.05, 0) is 16.7 Å². The number of amides is 1. The number of hydrogen-bond acceptors (Lipinski definition) is 2. The Kier molecular flexibility index (Phi) is 4.15. The van der Waals surface area contributed by atoms with Crippen molar-refractivity contribution in [2.24, 2.45) is 0 Å². The summed E-state index contributed by atoms with van der Waals surface area (Å²) in [6, 6.07) is 17.7. The second-order valence-electron chi connectivity index (χ2n) is 4.53. The number of carboxylic acids is 1. The van der Waals surface area contributed by atoms with Crippen molar-refractivity contribution < 1.29 is 14.7 Å². The predicted octanol–water partition coefficient (Wildman–Crippen LogP) is 2.40. The van der Waals surface area contributed by atoms with Crippen LogP contribution >= 0.6 is 0 Å². The molecule has 0 spiro atoms. The molecule has 0 aliphatic heterocycles. The fourth-order valence-electron chi connectivity index (χ4n) is 1.94. The smallest absolute Gasteiger partial charge is 0.394 e. The van der Waals surface area contributed by atoms with Crippen LogP contribution in [0.2, 0.25) is 0 Å². The van der Waals surface area contributed by atoms with Crippen LogP contribution in [0.5, 0.6) is 0 Å². The lowest BCUT2D eigenvalue weighted by Gasteiger charge is -2.14. The van der Waals surface area contributed by atoms with Crippen molar-refractivity contribution in [2.45, 2.75) is 6.54 Å². The Morgan fingerprint density at radius 3 is 2.05 bits per heavy atom. The van der Waals surface area contributed by atoms with Crippen molar-refractivity contribution in [3.05, 3.63) is 60.2 Å². The zero-order valence-electron chi connectivity index (χ0n) is 11.1. The molecular weight excluding hydrogens is 254 g/mol. The van der Waals surface area contributed by atoms with Crippen LogP contribution in [-0.2, 0) is 16.1 Å². The number of nitrogens with zero attached hydrogens (tertiary/aromatic N) is 1. The van der Waals surface area contributed by atoms with E-state index < -0.39 is 11.9 Å². The number of carboxylic acid groups (broad SMARTS) is 1. The molecule has 0 heterocycles. The molecule has 2 rings (SSSR count). The van der Waals surface area contributed by atoms with Crippen LogP contribution in [0.3, 0.4) is 0 Å². The molecule has 2 aromatic rings. The minimum atomic E-state index is -1.44. The van der Waals surface area contributed by atoms with Crippen LogP contribution in [0.25, 0.3) is 11.1 Å². The van der Waals surface area contributed by atoms with E-state index >= 15 is 0 Å². The monoisotopic (exact) mass is 269 g/mol. The van der Waals surface area contributed by atoms with E-state index in [0.29, 0.717) is 0 Å². The maximum atomic E-state index is 11.3. The van der Waals surface area contributed by atoms with Gasteiger partial charge in [-0.1, -0.05) is 54.6 Å². The van der Waals surface area contributed by atoms with Crippen LogP contribution in [0, 0.1) is 0 Å². The Hall–Kier alpha value is -2.62. The lowest BCUT2D eigenvalue weighted by atomic mass is 10.0. The van der Waals surface area contributed by atoms with Crippen LogP contribution in [0.15, 0.2) is 54.6 Å². The first kappa shape index (κ1) is 13.8. The SMILES string of the molecule is CN(Cc1ccc(-c2ccccc2)cc1)C(=O)C(=O)O. The van der Waals surface area contributed by atoms with E-state index in [1.54, 1.807) is 0 Å². The van der Waals surface area contributed by atoms with E-state index in [1.165, 1.54) is 11.9 Å². The minimum absolute atomic E-state index is 0.278. The topological polar surface area (TPSA) is 57.6 Å². The number of benzene rings is 2. The third kappa shape index (κ3) is 3.23. The average Bonchev–Trinajstić information content (AvgIpc) is 2.48. The highest BCUT2D eigenvalue weighted by Gasteiger charge is 2.16. The summed E-state index contributed by atoms with van der Waals surface area (Å²) in [6.07, 6.45) is 0. The van der Waals surface area contributed by atoms with E-state index in [0.717, 1.165) is 16.7 Å². The Morgan fingerprint density at radius 2 is 1.50 bits per heavy atom. The Bertz CT molecular complexity index is 605. The maximum absolute atomic E-state index is 11.3. The van der Waals surface area contributed by atoms with Gasteiger partial charge in [0.2, 0.25) is 0 Å². The first-order chi connectivity index (χ1) is 9.58. The normalized spacial score (nSPS) is 10.1. The maximum Gasteiger partial charge on any atom is 0.394 e. The number of hydrogen-bond donors (Lipinski definition) is 1. The number of carbonyl (C=O) groups is 2. The molecule has 1 N–H and O–H groups in total. The van der Waals surface area contributed by atoms with Gasteiger partial charge in [-0.25, -0.2) is 4.79 Å². The fraction of sp³-hybridized carbons (Fsp3) is 0.125. The largest absolute Gasteiger partial charge is 0.474 e. The lowest BCUT2D eigenvalue weighted by Crippen LogP contribution is -2.32. The third-order valence-electron chi connectivity index (χ3n) is 3.01. The van der Waals surface area contributed by atoms with Crippen LogP contribution in [0.4, 0.5) is 0 Å². The molecule has 0 atom stereocenters. The molecule has 0 saturated heterocycles. The number of aliphatic carboxylic acids is 1. The molecule has 1 amide bonds. The van der Waals surface area contributed by atoms with Gasteiger partial charge in [-0.15, -0.1) is 0 Å². The predicted molar refractivity (Wildman–Crippen MR) is 76.0 cm³/mol. The van der Waals surface area contributed by atoms with Gasteiger partial charge in [0.05, 0.1) is 0 Å². The van der Waals surface area contributed by atoms with E-state index in [2.05, 4.69) is 0 Å². The molecule has 4 heteroatoms. The first-order valence-electron chi connectivity index (χ1n) is 6.20. The van der Waals surface area contributed by atoms with Gasteiger partial charge in [0, 0.05) is 13.6 Å².